The maximum Gasteiger partial charge on any atom is 0.490 e. The molecule has 0 aromatic heterocycles. The van der Waals surface area contributed by atoms with E-state index in [0.29, 0.717) is 5.56 Å². The molecule has 0 aliphatic carbocycles. The maximum atomic E-state index is 11.3. The van der Waals surface area contributed by atoms with E-state index in [2.05, 4.69) is 10.2 Å². The van der Waals surface area contributed by atoms with E-state index in [4.69, 9.17) is 25.5 Å². The number of nitrogens with one attached hydrogen (secondary N) is 1. The number of hydrogen-bond donors (Lipinski definition) is 4. The number of carboxylic acids is 2. The van der Waals surface area contributed by atoms with Crippen molar-refractivity contribution >= 4 is 17.8 Å². The Hall–Kier alpha value is -2.87. The molecule has 0 atom stereocenters. The Bertz CT molecular complexity index is 694. The molecule has 1 heterocycles. The van der Waals surface area contributed by atoms with Crippen LogP contribution >= 0.6 is 0 Å². The molecule has 2 rings (SSSR count). The topological polar surface area (TPSA) is 133 Å². The summed E-state index contributed by atoms with van der Waals surface area (Å²) >= 11 is 0. The normalized spacial score (nSPS) is 14.5. The van der Waals surface area contributed by atoms with Gasteiger partial charge in [-0.15, -0.1) is 0 Å². The summed E-state index contributed by atoms with van der Waals surface area (Å²) < 4.78 is 63.5. The van der Waals surface area contributed by atoms with Gasteiger partial charge in [-0.25, -0.2) is 9.59 Å². The first-order valence-corrected chi connectivity index (χ1v) is 8.07. The second kappa shape index (κ2) is 12.0. The first-order valence-electron chi connectivity index (χ1n) is 8.07. The van der Waals surface area contributed by atoms with Gasteiger partial charge in [-0.3, -0.25) is 9.69 Å². The number of aliphatic carboxylic acids is 2. The molecule has 14 heteroatoms. The summed E-state index contributed by atoms with van der Waals surface area (Å²) in [6.45, 7) is 4.87. The summed E-state index contributed by atoms with van der Waals surface area (Å²) in [5.74, 6) is -5.86. The van der Waals surface area contributed by atoms with Gasteiger partial charge in [0.2, 0.25) is 5.91 Å². The van der Waals surface area contributed by atoms with Gasteiger partial charge in [-0.05, 0) is 11.6 Å². The molecular weight excluding hydrogens is 428 g/mol. The van der Waals surface area contributed by atoms with Crippen molar-refractivity contribution in [3.05, 3.63) is 35.4 Å². The minimum Gasteiger partial charge on any atom is -0.475 e. The molecule has 1 aliphatic heterocycles. The van der Waals surface area contributed by atoms with Crippen LogP contribution in [0.2, 0.25) is 0 Å². The zero-order chi connectivity index (χ0) is 23.5. The number of nitrogens with zero attached hydrogens (tertiary/aromatic N) is 1. The van der Waals surface area contributed by atoms with E-state index in [1.807, 2.05) is 18.2 Å². The fourth-order valence-electron chi connectivity index (χ4n) is 2.01. The molecule has 1 fully saturated rings. The molecule has 8 nitrogen and oxygen atoms in total. The maximum absolute atomic E-state index is 11.3. The number of halogens is 6. The predicted octanol–water partition coefficient (Wildman–Crippen LogP) is 1.46. The second-order valence-corrected chi connectivity index (χ2v) is 5.65. The highest BCUT2D eigenvalue weighted by Gasteiger charge is 2.38. The van der Waals surface area contributed by atoms with Crippen LogP contribution in [0.5, 0.6) is 0 Å². The van der Waals surface area contributed by atoms with Crippen LogP contribution in [-0.4, -0.2) is 71.5 Å². The van der Waals surface area contributed by atoms with E-state index in [-0.39, 0.29) is 5.91 Å². The Morgan fingerprint density at radius 1 is 0.933 bits per heavy atom. The van der Waals surface area contributed by atoms with E-state index in [1.54, 1.807) is 6.07 Å². The van der Waals surface area contributed by atoms with Crippen LogP contribution in [0.3, 0.4) is 0 Å². The minimum absolute atomic E-state index is 0.342. The molecule has 1 aromatic carbocycles. The van der Waals surface area contributed by atoms with Gasteiger partial charge in [0, 0.05) is 38.3 Å². The highest BCUT2D eigenvalue weighted by Crippen LogP contribution is 2.14. The van der Waals surface area contributed by atoms with Crippen molar-refractivity contribution in [2.45, 2.75) is 18.9 Å². The number of benzene rings is 1. The highest BCUT2D eigenvalue weighted by molar-refractivity contribution is 5.94. The molecule has 0 radical (unpaired) electrons. The first kappa shape index (κ1) is 27.1. The predicted molar refractivity (Wildman–Crippen MR) is 90.5 cm³/mol. The van der Waals surface area contributed by atoms with Crippen molar-refractivity contribution in [1.82, 2.24) is 10.2 Å². The lowest BCUT2D eigenvalue weighted by atomic mass is 10.1. The van der Waals surface area contributed by atoms with Crippen LogP contribution in [-0.2, 0) is 16.1 Å². The first-order chi connectivity index (χ1) is 13.7. The third kappa shape index (κ3) is 11.2. The highest BCUT2D eigenvalue weighted by atomic mass is 19.4. The van der Waals surface area contributed by atoms with Crippen molar-refractivity contribution in [2.24, 2.45) is 5.73 Å². The average Bonchev–Trinajstić information content (AvgIpc) is 2.62. The van der Waals surface area contributed by atoms with Crippen molar-refractivity contribution in [3.8, 4) is 0 Å². The number of piperazine rings is 1. The smallest absolute Gasteiger partial charge is 0.475 e. The van der Waals surface area contributed by atoms with Crippen LogP contribution in [0.4, 0.5) is 26.3 Å². The Morgan fingerprint density at radius 3 is 1.70 bits per heavy atom. The summed E-state index contributed by atoms with van der Waals surface area (Å²) in [7, 11) is 0. The lowest BCUT2D eigenvalue weighted by molar-refractivity contribution is -0.193. The summed E-state index contributed by atoms with van der Waals surface area (Å²) in [6, 6.07) is 7.56. The molecule has 1 amide bonds. The quantitative estimate of drug-likeness (QED) is 0.516. The van der Waals surface area contributed by atoms with Gasteiger partial charge in [0.15, 0.2) is 0 Å². The number of carboxylic acid groups (broad SMARTS) is 2. The minimum atomic E-state index is -5.08. The number of carbonyl (C=O) groups is 3. The Balaban J connectivity index is 0.000000503. The standard InChI is InChI=1S/C12H17N3O.2C2HF3O2/c13-12(16)11-4-2-1-3-10(11)9-15-7-5-14-6-8-15;2*3-2(4,5)1(6)7/h1-4,14H,5-9H2,(H2,13,16);2*(H,6,7). The SMILES string of the molecule is NC(=O)c1ccccc1CN1CCNCC1.O=C(O)C(F)(F)F.O=C(O)C(F)(F)F. The van der Waals surface area contributed by atoms with Gasteiger partial charge in [0.1, 0.15) is 0 Å². The number of hydrogen-bond acceptors (Lipinski definition) is 5. The molecule has 1 aliphatic rings. The number of amides is 1. The fourth-order valence-corrected chi connectivity index (χ4v) is 2.01. The molecular formula is C16H19F6N3O5. The number of alkyl halides is 6. The largest absolute Gasteiger partial charge is 0.490 e. The van der Waals surface area contributed by atoms with Crippen LogP contribution < -0.4 is 11.1 Å². The van der Waals surface area contributed by atoms with E-state index in [1.165, 1.54) is 0 Å². The monoisotopic (exact) mass is 447 g/mol. The van der Waals surface area contributed by atoms with Gasteiger partial charge in [0.05, 0.1) is 0 Å². The Kier molecular flexibility index (Phi) is 10.8. The molecule has 5 N–H and O–H groups in total. The lowest BCUT2D eigenvalue weighted by Gasteiger charge is -2.27. The zero-order valence-electron chi connectivity index (χ0n) is 15.3. The summed E-state index contributed by atoms with van der Waals surface area (Å²) in [5.41, 5.74) is 7.01. The number of nitrogens with two attached hydrogens (primary N) is 1. The van der Waals surface area contributed by atoms with Gasteiger partial charge in [-0.2, -0.15) is 26.3 Å². The summed E-state index contributed by atoms with van der Waals surface area (Å²) in [5, 5.41) is 17.6. The van der Waals surface area contributed by atoms with Crippen LogP contribution in [0, 0.1) is 0 Å². The molecule has 1 aromatic rings. The van der Waals surface area contributed by atoms with Crippen molar-refractivity contribution in [3.63, 3.8) is 0 Å². The van der Waals surface area contributed by atoms with Crippen LogP contribution in [0.15, 0.2) is 24.3 Å². The Labute approximate surface area is 166 Å². The molecule has 170 valence electrons. The average molecular weight is 447 g/mol. The molecule has 0 saturated carbocycles. The van der Waals surface area contributed by atoms with E-state index < -0.39 is 24.3 Å². The molecule has 0 spiro atoms. The van der Waals surface area contributed by atoms with Gasteiger partial charge in [0.25, 0.3) is 0 Å². The molecule has 0 unspecified atom stereocenters. The zero-order valence-corrected chi connectivity index (χ0v) is 15.3. The second-order valence-electron chi connectivity index (χ2n) is 5.65. The van der Waals surface area contributed by atoms with E-state index >= 15 is 0 Å². The van der Waals surface area contributed by atoms with Crippen molar-refractivity contribution in [1.29, 1.82) is 0 Å². The molecule has 0 bridgehead atoms. The molecule has 30 heavy (non-hydrogen) atoms. The summed E-state index contributed by atoms with van der Waals surface area (Å²) in [6.07, 6.45) is -10.2. The third-order valence-corrected chi connectivity index (χ3v) is 3.37. The van der Waals surface area contributed by atoms with Gasteiger partial charge >= 0.3 is 24.3 Å². The third-order valence-electron chi connectivity index (χ3n) is 3.37. The number of primary amides is 1. The van der Waals surface area contributed by atoms with Crippen LogP contribution in [0.25, 0.3) is 0 Å². The number of carbonyl (C=O) groups excluding carboxylic acids is 1. The fraction of sp³-hybridized carbons (Fsp3) is 0.438. The van der Waals surface area contributed by atoms with Crippen LogP contribution in [0.1, 0.15) is 15.9 Å². The molecule has 1 saturated heterocycles. The van der Waals surface area contributed by atoms with Gasteiger partial charge < -0.3 is 21.3 Å². The summed E-state index contributed by atoms with van der Waals surface area (Å²) in [4.78, 5) is 31.4. The van der Waals surface area contributed by atoms with Crippen molar-refractivity contribution in [2.75, 3.05) is 26.2 Å². The van der Waals surface area contributed by atoms with Crippen molar-refractivity contribution < 1.29 is 50.9 Å². The number of rotatable bonds is 3. The Morgan fingerprint density at radius 2 is 1.33 bits per heavy atom. The van der Waals surface area contributed by atoms with E-state index in [9.17, 15) is 31.1 Å². The van der Waals surface area contributed by atoms with E-state index in [0.717, 1.165) is 38.3 Å². The van der Waals surface area contributed by atoms with Gasteiger partial charge in [-0.1, -0.05) is 18.2 Å². The lowest BCUT2D eigenvalue weighted by Crippen LogP contribution is -2.43.